The molecule has 1 aromatic carbocycles. The molecular weight excluding hydrogens is 380 g/mol. The van der Waals surface area contributed by atoms with Crippen LogP contribution in [-0.4, -0.2) is 51.2 Å². The van der Waals surface area contributed by atoms with Gasteiger partial charge in [-0.3, -0.25) is 0 Å². The Balaban J connectivity index is 1.51. The predicted octanol–water partition coefficient (Wildman–Crippen LogP) is 4.45. The fourth-order valence-corrected chi connectivity index (χ4v) is 4.17. The lowest BCUT2D eigenvalue weighted by Crippen LogP contribution is -2.34. The van der Waals surface area contributed by atoms with E-state index in [1.807, 2.05) is 24.3 Å². The fourth-order valence-electron chi connectivity index (χ4n) is 4.17. The number of benzene rings is 1. The number of hydrogen-bond donors (Lipinski definition) is 2. The van der Waals surface area contributed by atoms with Crippen LogP contribution in [0.5, 0.6) is 5.88 Å². The fraction of sp³-hybridized carbons (Fsp3) is 0.476. The summed E-state index contributed by atoms with van der Waals surface area (Å²) in [5, 5.41) is 19.6. The summed E-state index contributed by atoms with van der Waals surface area (Å²) in [6, 6.07) is 7.59. The molecule has 5 rings (SSSR count). The standard InChI is InChI=1S/C21H26N8O/c30-18-17(15-9-3-4-10-16(15)22-18)26-27-19-23-20(28-11-5-1-6-12-28)25-21(24-19)29-13-7-2-8-14-29/h3-4,9-10,22,30H,1-2,5-8,11-14H2. The Morgan fingerprint density at radius 2 is 1.37 bits per heavy atom. The van der Waals surface area contributed by atoms with Crippen molar-refractivity contribution >= 4 is 34.4 Å². The second-order valence-electron chi connectivity index (χ2n) is 7.90. The van der Waals surface area contributed by atoms with Crippen molar-refractivity contribution in [2.75, 3.05) is 36.0 Å². The van der Waals surface area contributed by atoms with Crippen LogP contribution in [0.3, 0.4) is 0 Å². The van der Waals surface area contributed by atoms with Crippen molar-refractivity contribution < 1.29 is 5.11 Å². The molecule has 0 amide bonds. The first kappa shape index (κ1) is 18.8. The van der Waals surface area contributed by atoms with E-state index in [2.05, 4.69) is 35.0 Å². The molecule has 2 aliphatic rings. The molecule has 0 spiro atoms. The first-order valence-electron chi connectivity index (χ1n) is 10.8. The van der Waals surface area contributed by atoms with Gasteiger partial charge < -0.3 is 19.9 Å². The lowest BCUT2D eigenvalue weighted by atomic mass is 10.1. The zero-order chi connectivity index (χ0) is 20.3. The summed E-state index contributed by atoms with van der Waals surface area (Å²) in [7, 11) is 0. The molecule has 9 heteroatoms. The van der Waals surface area contributed by atoms with Gasteiger partial charge in [0.25, 0.3) is 5.95 Å². The number of fused-ring (bicyclic) bond motifs is 1. The maximum atomic E-state index is 10.3. The quantitative estimate of drug-likeness (QED) is 0.620. The molecule has 2 aromatic heterocycles. The Bertz CT molecular complexity index is 1010. The third-order valence-corrected chi connectivity index (χ3v) is 5.78. The molecule has 9 nitrogen and oxygen atoms in total. The minimum Gasteiger partial charge on any atom is -0.493 e. The van der Waals surface area contributed by atoms with Gasteiger partial charge in [0.15, 0.2) is 5.69 Å². The van der Waals surface area contributed by atoms with E-state index in [0.717, 1.165) is 62.8 Å². The molecule has 0 aliphatic carbocycles. The number of aromatic nitrogens is 4. The molecule has 30 heavy (non-hydrogen) atoms. The van der Waals surface area contributed by atoms with Crippen LogP contribution in [-0.2, 0) is 0 Å². The number of aromatic amines is 1. The maximum absolute atomic E-state index is 10.3. The van der Waals surface area contributed by atoms with Gasteiger partial charge in [0, 0.05) is 31.6 Å². The van der Waals surface area contributed by atoms with Crippen molar-refractivity contribution in [2.24, 2.45) is 10.2 Å². The Hall–Kier alpha value is -3.23. The Kier molecular flexibility index (Phi) is 5.17. The van der Waals surface area contributed by atoms with E-state index in [1.165, 1.54) is 12.8 Å². The number of anilines is 2. The van der Waals surface area contributed by atoms with Crippen LogP contribution < -0.4 is 9.80 Å². The van der Waals surface area contributed by atoms with Gasteiger partial charge in [-0.2, -0.15) is 15.0 Å². The highest BCUT2D eigenvalue weighted by molar-refractivity contribution is 5.94. The van der Waals surface area contributed by atoms with Crippen LogP contribution >= 0.6 is 0 Å². The van der Waals surface area contributed by atoms with E-state index in [1.54, 1.807) is 0 Å². The van der Waals surface area contributed by atoms with Gasteiger partial charge in [-0.05, 0) is 44.6 Å². The SMILES string of the molecule is Oc1[nH]c2ccccc2c1N=Nc1nc(N2CCCCC2)nc(N2CCCCC2)n1. The summed E-state index contributed by atoms with van der Waals surface area (Å²) in [4.78, 5) is 21.3. The lowest BCUT2D eigenvalue weighted by Gasteiger charge is -2.29. The van der Waals surface area contributed by atoms with Crippen molar-refractivity contribution in [1.29, 1.82) is 0 Å². The Morgan fingerprint density at radius 1 is 0.767 bits per heavy atom. The van der Waals surface area contributed by atoms with Crippen LogP contribution in [0.4, 0.5) is 23.5 Å². The average Bonchev–Trinajstić information content (AvgIpc) is 3.13. The number of aromatic hydroxyl groups is 1. The van der Waals surface area contributed by atoms with Crippen LogP contribution in [0.15, 0.2) is 34.5 Å². The summed E-state index contributed by atoms with van der Waals surface area (Å²) < 4.78 is 0. The summed E-state index contributed by atoms with van der Waals surface area (Å²) in [5.74, 6) is 1.60. The lowest BCUT2D eigenvalue weighted by molar-refractivity contribution is 0.459. The smallest absolute Gasteiger partial charge is 0.275 e. The third kappa shape index (κ3) is 3.79. The summed E-state index contributed by atoms with van der Waals surface area (Å²) >= 11 is 0. The molecule has 2 fully saturated rings. The van der Waals surface area contributed by atoms with E-state index in [9.17, 15) is 5.11 Å². The molecule has 2 N–H and O–H groups in total. The maximum Gasteiger partial charge on any atom is 0.275 e. The molecule has 3 aromatic rings. The third-order valence-electron chi connectivity index (χ3n) is 5.78. The number of nitrogens with one attached hydrogen (secondary N) is 1. The van der Waals surface area contributed by atoms with Gasteiger partial charge in [-0.25, -0.2) is 0 Å². The van der Waals surface area contributed by atoms with Crippen LogP contribution in [0.25, 0.3) is 10.9 Å². The van der Waals surface area contributed by atoms with Gasteiger partial charge in [-0.15, -0.1) is 10.2 Å². The largest absolute Gasteiger partial charge is 0.493 e. The first-order valence-corrected chi connectivity index (χ1v) is 10.8. The van der Waals surface area contributed by atoms with E-state index in [-0.39, 0.29) is 11.8 Å². The molecular formula is C21H26N8O. The van der Waals surface area contributed by atoms with Crippen LogP contribution in [0.2, 0.25) is 0 Å². The van der Waals surface area contributed by atoms with Crippen molar-refractivity contribution in [3.63, 3.8) is 0 Å². The minimum absolute atomic E-state index is 0.0125. The molecule has 0 saturated carbocycles. The second kappa shape index (κ2) is 8.25. The average molecular weight is 406 g/mol. The van der Waals surface area contributed by atoms with E-state index >= 15 is 0 Å². The number of rotatable bonds is 4. The number of para-hydroxylation sites is 1. The minimum atomic E-state index is -0.0125. The molecule has 156 valence electrons. The van der Waals surface area contributed by atoms with E-state index in [0.29, 0.717) is 17.6 Å². The first-order chi connectivity index (χ1) is 14.8. The zero-order valence-electron chi connectivity index (χ0n) is 17.0. The molecule has 0 unspecified atom stereocenters. The number of hydrogen-bond acceptors (Lipinski definition) is 8. The number of H-pyrrole nitrogens is 1. The molecule has 0 atom stereocenters. The molecule has 2 saturated heterocycles. The van der Waals surface area contributed by atoms with Crippen LogP contribution in [0, 0.1) is 0 Å². The van der Waals surface area contributed by atoms with Gasteiger partial charge in [0.1, 0.15) is 0 Å². The molecule has 0 radical (unpaired) electrons. The Labute approximate surface area is 174 Å². The molecule has 2 aliphatic heterocycles. The van der Waals surface area contributed by atoms with Gasteiger partial charge in [0.05, 0.1) is 5.52 Å². The zero-order valence-corrected chi connectivity index (χ0v) is 17.0. The molecule has 4 heterocycles. The highest BCUT2D eigenvalue weighted by Gasteiger charge is 2.20. The van der Waals surface area contributed by atoms with Gasteiger partial charge >= 0.3 is 0 Å². The summed E-state index contributed by atoms with van der Waals surface area (Å²) in [6.45, 7) is 3.79. The summed E-state index contributed by atoms with van der Waals surface area (Å²) in [6.07, 6.45) is 7.06. The van der Waals surface area contributed by atoms with Crippen molar-refractivity contribution in [3.05, 3.63) is 24.3 Å². The van der Waals surface area contributed by atoms with Gasteiger partial charge in [0.2, 0.25) is 17.8 Å². The predicted molar refractivity (Wildman–Crippen MR) is 116 cm³/mol. The second-order valence-corrected chi connectivity index (χ2v) is 7.90. The molecule has 0 bridgehead atoms. The highest BCUT2D eigenvalue weighted by Crippen LogP contribution is 2.36. The van der Waals surface area contributed by atoms with Crippen molar-refractivity contribution in [2.45, 2.75) is 38.5 Å². The number of piperidine rings is 2. The monoisotopic (exact) mass is 406 g/mol. The Morgan fingerprint density at radius 3 is 2.00 bits per heavy atom. The van der Waals surface area contributed by atoms with E-state index < -0.39 is 0 Å². The van der Waals surface area contributed by atoms with E-state index in [4.69, 9.17) is 4.98 Å². The normalized spacial score (nSPS) is 17.9. The highest BCUT2D eigenvalue weighted by atomic mass is 16.3. The van der Waals surface area contributed by atoms with Gasteiger partial charge in [-0.1, -0.05) is 18.2 Å². The number of nitrogens with zero attached hydrogens (tertiary/aromatic N) is 7. The van der Waals surface area contributed by atoms with Crippen LogP contribution in [0.1, 0.15) is 38.5 Å². The topological polar surface area (TPSA) is 106 Å². The van der Waals surface area contributed by atoms with Crippen molar-refractivity contribution in [3.8, 4) is 5.88 Å². The summed E-state index contributed by atoms with van der Waals surface area (Å²) in [5.41, 5.74) is 1.20. The van der Waals surface area contributed by atoms with Crippen molar-refractivity contribution in [1.82, 2.24) is 19.9 Å². The number of azo groups is 1.